The van der Waals surface area contributed by atoms with Gasteiger partial charge in [0.1, 0.15) is 0 Å². The predicted molar refractivity (Wildman–Crippen MR) is 61.1 cm³/mol. The van der Waals surface area contributed by atoms with Gasteiger partial charge < -0.3 is 0 Å². The van der Waals surface area contributed by atoms with Crippen LogP contribution in [0, 0.1) is 0 Å². The van der Waals surface area contributed by atoms with E-state index in [0.29, 0.717) is 5.82 Å². The Kier molecular flexibility index (Phi) is 3.02. The van der Waals surface area contributed by atoms with Crippen molar-refractivity contribution >= 4 is 27.5 Å². The largest absolute Gasteiger partial charge is 0.196 e. The van der Waals surface area contributed by atoms with Crippen LogP contribution in [0.5, 0.6) is 0 Å². The molecule has 1 aromatic heterocycles. The molecule has 0 N–H and O–H groups in total. The van der Waals surface area contributed by atoms with Gasteiger partial charge in [-0.3, -0.25) is 0 Å². The van der Waals surface area contributed by atoms with Gasteiger partial charge in [-0.05, 0) is 41.6 Å². The van der Waals surface area contributed by atoms with E-state index >= 15 is 0 Å². The molecule has 0 saturated heterocycles. The van der Waals surface area contributed by atoms with E-state index in [0.717, 1.165) is 10.2 Å². The highest BCUT2D eigenvalue weighted by atomic mass is 79.9. The van der Waals surface area contributed by atoms with Crippen LogP contribution in [0.25, 0.3) is 5.69 Å². The van der Waals surface area contributed by atoms with Crippen LogP contribution in [0.1, 0.15) is 18.1 Å². The fourth-order valence-electron chi connectivity index (χ4n) is 1.21. The monoisotopic (exact) mass is 286 g/mol. The third-order valence-electron chi connectivity index (χ3n) is 1.92. The van der Waals surface area contributed by atoms with Crippen LogP contribution < -0.4 is 0 Å². The van der Waals surface area contributed by atoms with E-state index in [1.165, 1.54) is 0 Å². The SMILES string of the molecule is CC(Cl)c1nnnn1-c1ccc(Br)cc1. The number of nitrogens with zero attached hydrogens (tertiary/aromatic N) is 4. The van der Waals surface area contributed by atoms with Gasteiger partial charge in [-0.15, -0.1) is 16.7 Å². The van der Waals surface area contributed by atoms with Crippen molar-refractivity contribution in [2.75, 3.05) is 0 Å². The summed E-state index contributed by atoms with van der Waals surface area (Å²) in [5.41, 5.74) is 0.894. The first-order valence-corrected chi connectivity index (χ1v) is 5.59. The molecule has 6 heteroatoms. The van der Waals surface area contributed by atoms with E-state index in [-0.39, 0.29) is 5.38 Å². The minimum absolute atomic E-state index is 0.219. The molecular weight excluding hydrogens is 279 g/mol. The summed E-state index contributed by atoms with van der Waals surface area (Å²) in [6, 6.07) is 7.70. The molecule has 0 aliphatic heterocycles. The van der Waals surface area contributed by atoms with Gasteiger partial charge in [0.15, 0.2) is 5.82 Å². The molecule has 2 aromatic rings. The lowest BCUT2D eigenvalue weighted by Crippen LogP contribution is -2.03. The highest BCUT2D eigenvalue weighted by Crippen LogP contribution is 2.20. The van der Waals surface area contributed by atoms with Gasteiger partial charge >= 0.3 is 0 Å². The second-order valence-electron chi connectivity index (χ2n) is 3.04. The molecule has 1 unspecified atom stereocenters. The van der Waals surface area contributed by atoms with Gasteiger partial charge in [0.05, 0.1) is 11.1 Å². The number of aromatic nitrogens is 4. The second kappa shape index (κ2) is 4.28. The van der Waals surface area contributed by atoms with Crippen LogP contribution >= 0.6 is 27.5 Å². The van der Waals surface area contributed by atoms with Gasteiger partial charge in [-0.25, -0.2) is 0 Å². The molecule has 78 valence electrons. The first kappa shape index (κ1) is 10.6. The summed E-state index contributed by atoms with van der Waals surface area (Å²) >= 11 is 9.33. The third-order valence-corrected chi connectivity index (χ3v) is 2.64. The van der Waals surface area contributed by atoms with Crippen LogP contribution in [0.3, 0.4) is 0 Å². The maximum atomic E-state index is 5.96. The summed E-state index contributed by atoms with van der Waals surface area (Å²) in [6.07, 6.45) is 0. The van der Waals surface area contributed by atoms with Crippen molar-refractivity contribution in [2.24, 2.45) is 0 Å². The molecular formula is C9H8BrClN4. The van der Waals surface area contributed by atoms with Crippen molar-refractivity contribution in [1.82, 2.24) is 20.2 Å². The van der Waals surface area contributed by atoms with Gasteiger partial charge in [0.2, 0.25) is 0 Å². The molecule has 1 atom stereocenters. The molecule has 0 spiro atoms. The van der Waals surface area contributed by atoms with Gasteiger partial charge in [0.25, 0.3) is 0 Å². The molecule has 0 fully saturated rings. The lowest BCUT2D eigenvalue weighted by molar-refractivity contribution is 0.760. The molecule has 1 heterocycles. The van der Waals surface area contributed by atoms with E-state index in [4.69, 9.17) is 11.6 Å². The van der Waals surface area contributed by atoms with Crippen molar-refractivity contribution in [3.63, 3.8) is 0 Å². The number of alkyl halides is 1. The zero-order chi connectivity index (χ0) is 10.8. The van der Waals surface area contributed by atoms with E-state index < -0.39 is 0 Å². The maximum absolute atomic E-state index is 5.96. The molecule has 0 aliphatic rings. The molecule has 0 aliphatic carbocycles. The fourth-order valence-corrected chi connectivity index (χ4v) is 1.61. The minimum atomic E-state index is -0.219. The van der Waals surface area contributed by atoms with Gasteiger partial charge in [-0.2, -0.15) is 4.68 Å². The highest BCUT2D eigenvalue weighted by Gasteiger charge is 2.12. The number of halogens is 2. The zero-order valence-electron chi connectivity index (χ0n) is 7.93. The molecule has 15 heavy (non-hydrogen) atoms. The Morgan fingerprint density at radius 1 is 1.33 bits per heavy atom. The number of hydrogen-bond donors (Lipinski definition) is 0. The average molecular weight is 288 g/mol. The third kappa shape index (κ3) is 2.18. The topological polar surface area (TPSA) is 43.6 Å². The lowest BCUT2D eigenvalue weighted by Gasteiger charge is -2.05. The molecule has 0 saturated carbocycles. The quantitative estimate of drug-likeness (QED) is 0.798. The van der Waals surface area contributed by atoms with Crippen molar-refractivity contribution in [2.45, 2.75) is 12.3 Å². The van der Waals surface area contributed by atoms with E-state index in [9.17, 15) is 0 Å². The summed E-state index contributed by atoms with van der Waals surface area (Å²) < 4.78 is 2.64. The Morgan fingerprint density at radius 2 is 2.00 bits per heavy atom. The van der Waals surface area contributed by atoms with Crippen LogP contribution in [0.4, 0.5) is 0 Å². The summed E-state index contributed by atoms with van der Waals surface area (Å²) in [4.78, 5) is 0. The van der Waals surface area contributed by atoms with E-state index in [2.05, 4.69) is 31.5 Å². The number of tetrazole rings is 1. The standard InChI is InChI=1S/C9H8BrClN4/c1-6(11)9-12-13-14-15(9)8-4-2-7(10)3-5-8/h2-6H,1H3. The van der Waals surface area contributed by atoms with Crippen molar-refractivity contribution in [1.29, 1.82) is 0 Å². The summed E-state index contributed by atoms with van der Waals surface area (Å²) in [6.45, 7) is 1.84. The summed E-state index contributed by atoms with van der Waals surface area (Å²) in [5.74, 6) is 0.638. The van der Waals surface area contributed by atoms with Crippen molar-refractivity contribution in [3.8, 4) is 5.69 Å². The molecule has 0 amide bonds. The Bertz CT molecular complexity index is 451. The van der Waals surface area contributed by atoms with Crippen LogP contribution in [0.15, 0.2) is 28.7 Å². The fraction of sp³-hybridized carbons (Fsp3) is 0.222. The molecule has 0 bridgehead atoms. The van der Waals surface area contributed by atoms with Crippen LogP contribution in [-0.2, 0) is 0 Å². The second-order valence-corrected chi connectivity index (χ2v) is 4.61. The summed E-state index contributed by atoms with van der Waals surface area (Å²) in [7, 11) is 0. The molecule has 0 radical (unpaired) electrons. The minimum Gasteiger partial charge on any atom is -0.196 e. The van der Waals surface area contributed by atoms with E-state index in [1.54, 1.807) is 4.68 Å². The first-order chi connectivity index (χ1) is 7.18. The van der Waals surface area contributed by atoms with Crippen molar-refractivity contribution in [3.05, 3.63) is 34.6 Å². The normalized spacial score (nSPS) is 12.7. The molecule has 2 rings (SSSR count). The lowest BCUT2D eigenvalue weighted by atomic mass is 10.3. The summed E-state index contributed by atoms with van der Waals surface area (Å²) in [5, 5.41) is 11.2. The molecule has 1 aromatic carbocycles. The Morgan fingerprint density at radius 3 is 2.60 bits per heavy atom. The Balaban J connectivity index is 2.45. The smallest absolute Gasteiger partial charge is 0.174 e. The highest BCUT2D eigenvalue weighted by molar-refractivity contribution is 9.10. The van der Waals surface area contributed by atoms with Crippen LogP contribution in [-0.4, -0.2) is 20.2 Å². The first-order valence-electron chi connectivity index (χ1n) is 4.37. The van der Waals surface area contributed by atoms with E-state index in [1.807, 2.05) is 31.2 Å². The van der Waals surface area contributed by atoms with Gasteiger partial charge in [-0.1, -0.05) is 15.9 Å². The predicted octanol–water partition coefficient (Wildman–Crippen LogP) is 2.72. The maximum Gasteiger partial charge on any atom is 0.174 e. The number of rotatable bonds is 2. The molecule has 4 nitrogen and oxygen atoms in total. The van der Waals surface area contributed by atoms with Crippen molar-refractivity contribution < 1.29 is 0 Å². The number of hydrogen-bond acceptors (Lipinski definition) is 3. The Hall–Kier alpha value is -0.940. The number of benzene rings is 1. The zero-order valence-corrected chi connectivity index (χ0v) is 10.3. The average Bonchev–Trinajstić information content (AvgIpc) is 2.67. The van der Waals surface area contributed by atoms with Crippen LogP contribution in [0.2, 0.25) is 0 Å². The Labute approximate surface area is 100 Å². The van der Waals surface area contributed by atoms with Gasteiger partial charge in [0, 0.05) is 4.47 Å².